The van der Waals surface area contributed by atoms with Gasteiger partial charge < -0.3 is 5.73 Å². The van der Waals surface area contributed by atoms with Crippen LogP contribution in [0, 0.1) is 5.92 Å². The molecule has 0 aromatic carbocycles. The molecule has 0 spiro atoms. The summed E-state index contributed by atoms with van der Waals surface area (Å²) in [5.41, 5.74) is 8.17. The monoisotopic (exact) mass is 288 g/mol. The molecular weight excluding hydrogens is 268 g/mol. The van der Waals surface area contributed by atoms with E-state index >= 15 is 0 Å². The fourth-order valence-electron chi connectivity index (χ4n) is 2.86. The predicted octanol–water partition coefficient (Wildman–Crippen LogP) is 2.37. The first-order chi connectivity index (χ1) is 9.70. The van der Waals surface area contributed by atoms with Crippen LogP contribution in [0.4, 0.5) is 0 Å². The largest absolute Gasteiger partial charge is 0.327 e. The van der Waals surface area contributed by atoms with Gasteiger partial charge >= 0.3 is 0 Å². The molecule has 2 unspecified atom stereocenters. The third-order valence-corrected chi connectivity index (χ3v) is 4.50. The van der Waals surface area contributed by atoms with Gasteiger partial charge in [-0.05, 0) is 24.5 Å². The van der Waals surface area contributed by atoms with Crippen LogP contribution in [0.2, 0.25) is 0 Å². The Hall–Kier alpha value is -1.30. The van der Waals surface area contributed by atoms with E-state index in [1.165, 1.54) is 0 Å². The molecule has 4 nitrogen and oxygen atoms in total. The molecule has 3 heterocycles. The molecular formula is C15H20N4S. The lowest BCUT2D eigenvalue weighted by Gasteiger charge is -2.34. The van der Waals surface area contributed by atoms with E-state index in [2.05, 4.69) is 22.2 Å². The molecule has 1 fully saturated rings. The van der Waals surface area contributed by atoms with E-state index in [1.807, 2.05) is 24.4 Å². The van der Waals surface area contributed by atoms with Crippen LogP contribution in [0.15, 0.2) is 29.8 Å². The van der Waals surface area contributed by atoms with Gasteiger partial charge in [0.15, 0.2) is 0 Å². The number of nitrogens with two attached hydrogens (primary N) is 1. The van der Waals surface area contributed by atoms with Crippen molar-refractivity contribution in [2.45, 2.75) is 25.9 Å². The van der Waals surface area contributed by atoms with Crippen LogP contribution in [0.25, 0.3) is 10.7 Å². The molecule has 0 amide bonds. The van der Waals surface area contributed by atoms with Gasteiger partial charge in [0.1, 0.15) is 5.01 Å². The molecule has 0 aliphatic carbocycles. The number of nitrogens with zero attached hydrogens (tertiary/aromatic N) is 3. The summed E-state index contributed by atoms with van der Waals surface area (Å²) in [5.74, 6) is 0.674. The molecule has 2 aromatic rings. The van der Waals surface area contributed by atoms with Crippen molar-refractivity contribution in [1.29, 1.82) is 0 Å². The van der Waals surface area contributed by atoms with Gasteiger partial charge in [0.25, 0.3) is 0 Å². The SMILES string of the molecule is CC1CC(N)CN(Cc2csc(-c3ccccn3)n2)C1. The molecule has 2 atom stereocenters. The van der Waals surface area contributed by atoms with Gasteiger partial charge in [-0.3, -0.25) is 9.88 Å². The summed E-state index contributed by atoms with van der Waals surface area (Å²) < 4.78 is 0. The number of hydrogen-bond donors (Lipinski definition) is 1. The predicted molar refractivity (Wildman–Crippen MR) is 82.4 cm³/mol. The Labute approximate surface area is 123 Å². The number of thiazole rings is 1. The van der Waals surface area contributed by atoms with Crippen molar-refractivity contribution in [1.82, 2.24) is 14.9 Å². The summed E-state index contributed by atoms with van der Waals surface area (Å²) in [6.45, 7) is 5.25. The fourth-order valence-corrected chi connectivity index (χ4v) is 3.64. The molecule has 5 heteroatoms. The molecule has 2 aromatic heterocycles. The Morgan fingerprint density at radius 3 is 3.05 bits per heavy atom. The maximum absolute atomic E-state index is 6.10. The second-order valence-electron chi connectivity index (χ2n) is 5.65. The van der Waals surface area contributed by atoms with Crippen molar-refractivity contribution >= 4 is 11.3 Å². The summed E-state index contributed by atoms with van der Waals surface area (Å²) in [6.07, 6.45) is 2.94. The number of aromatic nitrogens is 2. The Kier molecular flexibility index (Phi) is 4.10. The highest BCUT2D eigenvalue weighted by atomic mass is 32.1. The number of likely N-dealkylation sites (tertiary alicyclic amines) is 1. The first-order valence-corrected chi connectivity index (χ1v) is 7.92. The molecule has 106 valence electrons. The van der Waals surface area contributed by atoms with E-state index in [9.17, 15) is 0 Å². The number of rotatable bonds is 3. The van der Waals surface area contributed by atoms with E-state index < -0.39 is 0 Å². The van der Waals surface area contributed by atoms with Gasteiger partial charge in [-0.1, -0.05) is 13.0 Å². The van der Waals surface area contributed by atoms with Crippen LogP contribution in [0.3, 0.4) is 0 Å². The summed E-state index contributed by atoms with van der Waals surface area (Å²) in [7, 11) is 0. The topological polar surface area (TPSA) is 55.0 Å². The molecule has 2 N–H and O–H groups in total. The van der Waals surface area contributed by atoms with Crippen molar-refractivity contribution in [3.63, 3.8) is 0 Å². The van der Waals surface area contributed by atoms with Crippen molar-refractivity contribution < 1.29 is 0 Å². The molecule has 1 aliphatic heterocycles. The van der Waals surface area contributed by atoms with E-state index in [-0.39, 0.29) is 0 Å². The average Bonchev–Trinajstić information content (AvgIpc) is 2.87. The van der Waals surface area contributed by atoms with Crippen molar-refractivity contribution in [3.8, 4) is 10.7 Å². The maximum Gasteiger partial charge on any atom is 0.142 e. The minimum absolute atomic E-state index is 0.299. The van der Waals surface area contributed by atoms with Gasteiger partial charge in [0, 0.05) is 37.3 Å². The first kappa shape index (κ1) is 13.7. The van der Waals surface area contributed by atoms with E-state index in [4.69, 9.17) is 10.7 Å². The van der Waals surface area contributed by atoms with Crippen LogP contribution in [-0.4, -0.2) is 34.0 Å². The molecule has 0 radical (unpaired) electrons. The Bertz CT molecular complexity index is 544. The van der Waals surface area contributed by atoms with Crippen LogP contribution >= 0.6 is 11.3 Å². The van der Waals surface area contributed by atoms with Gasteiger partial charge in [-0.25, -0.2) is 4.98 Å². The zero-order chi connectivity index (χ0) is 13.9. The number of hydrogen-bond acceptors (Lipinski definition) is 5. The van der Waals surface area contributed by atoms with Gasteiger partial charge in [0.2, 0.25) is 0 Å². The normalized spacial score (nSPS) is 23.9. The molecule has 20 heavy (non-hydrogen) atoms. The second-order valence-corrected chi connectivity index (χ2v) is 6.51. The minimum atomic E-state index is 0.299. The molecule has 0 saturated carbocycles. The Morgan fingerprint density at radius 1 is 1.40 bits per heavy atom. The lowest BCUT2D eigenvalue weighted by Crippen LogP contribution is -2.45. The lowest BCUT2D eigenvalue weighted by molar-refractivity contribution is 0.157. The summed E-state index contributed by atoms with van der Waals surface area (Å²) in [6, 6.07) is 6.22. The number of piperidine rings is 1. The zero-order valence-electron chi connectivity index (χ0n) is 11.7. The highest BCUT2D eigenvalue weighted by Crippen LogP contribution is 2.23. The van der Waals surface area contributed by atoms with E-state index in [0.717, 1.165) is 42.5 Å². The van der Waals surface area contributed by atoms with Gasteiger partial charge in [0.05, 0.1) is 11.4 Å². The Balaban J connectivity index is 1.68. The van der Waals surface area contributed by atoms with E-state index in [0.29, 0.717) is 12.0 Å². The smallest absolute Gasteiger partial charge is 0.142 e. The molecule has 1 saturated heterocycles. The summed E-state index contributed by atoms with van der Waals surface area (Å²) in [5, 5.41) is 3.13. The van der Waals surface area contributed by atoms with Crippen LogP contribution in [0.1, 0.15) is 19.0 Å². The third kappa shape index (κ3) is 3.23. The van der Waals surface area contributed by atoms with Gasteiger partial charge in [-0.15, -0.1) is 11.3 Å². The molecule has 1 aliphatic rings. The van der Waals surface area contributed by atoms with Crippen LogP contribution in [-0.2, 0) is 6.54 Å². The van der Waals surface area contributed by atoms with Crippen molar-refractivity contribution in [3.05, 3.63) is 35.5 Å². The molecule has 0 bridgehead atoms. The Morgan fingerprint density at radius 2 is 2.30 bits per heavy atom. The zero-order valence-corrected chi connectivity index (χ0v) is 12.5. The standard InChI is InChI=1S/C15H20N4S/c1-11-6-12(16)8-19(7-11)9-13-10-20-15(18-13)14-4-2-3-5-17-14/h2-5,10-12H,6-9,16H2,1H3. The summed E-state index contributed by atoms with van der Waals surface area (Å²) in [4.78, 5) is 11.5. The van der Waals surface area contributed by atoms with E-state index in [1.54, 1.807) is 11.3 Å². The van der Waals surface area contributed by atoms with Crippen molar-refractivity contribution in [2.24, 2.45) is 11.7 Å². The van der Waals surface area contributed by atoms with Crippen molar-refractivity contribution in [2.75, 3.05) is 13.1 Å². The summed E-state index contributed by atoms with van der Waals surface area (Å²) >= 11 is 1.66. The highest BCUT2D eigenvalue weighted by Gasteiger charge is 2.22. The third-order valence-electron chi connectivity index (χ3n) is 3.59. The quantitative estimate of drug-likeness (QED) is 0.942. The number of pyridine rings is 1. The molecule has 3 rings (SSSR count). The van der Waals surface area contributed by atoms with Gasteiger partial charge in [-0.2, -0.15) is 0 Å². The average molecular weight is 288 g/mol. The minimum Gasteiger partial charge on any atom is -0.327 e. The fraction of sp³-hybridized carbons (Fsp3) is 0.467. The maximum atomic E-state index is 6.10. The lowest BCUT2D eigenvalue weighted by atomic mass is 9.96. The first-order valence-electron chi connectivity index (χ1n) is 7.04. The second kappa shape index (κ2) is 5.99. The van der Waals surface area contributed by atoms with Crippen LogP contribution < -0.4 is 5.73 Å². The highest BCUT2D eigenvalue weighted by molar-refractivity contribution is 7.13. The van der Waals surface area contributed by atoms with Crippen LogP contribution in [0.5, 0.6) is 0 Å².